The fourth-order valence-corrected chi connectivity index (χ4v) is 2.44. The predicted octanol–water partition coefficient (Wildman–Crippen LogP) is 4.07. The first-order valence-electron chi connectivity index (χ1n) is 6.75. The quantitative estimate of drug-likeness (QED) is 0.766. The molecule has 0 aliphatic heterocycles. The largest absolute Gasteiger partial charge is 0.264 e. The molecule has 2 aromatic rings. The van der Waals surface area contributed by atoms with Crippen LogP contribution < -0.4 is 0 Å². The minimum Gasteiger partial charge on any atom is -0.264 e. The van der Waals surface area contributed by atoms with E-state index in [0.717, 1.165) is 19.3 Å². The molecule has 0 saturated heterocycles. The number of pyridine rings is 1. The van der Waals surface area contributed by atoms with Crippen LogP contribution >= 0.6 is 0 Å². The minimum atomic E-state index is 0.667. The van der Waals surface area contributed by atoms with E-state index in [1.54, 1.807) is 0 Å². The van der Waals surface area contributed by atoms with E-state index in [9.17, 15) is 0 Å². The molecule has 1 heteroatoms. The molecule has 1 aromatic carbocycles. The highest BCUT2D eigenvalue weighted by Crippen LogP contribution is 2.17. The average molecular weight is 239 g/mol. The Bertz CT molecular complexity index is 476. The molecule has 18 heavy (non-hydrogen) atoms. The van der Waals surface area contributed by atoms with Crippen LogP contribution in [0.25, 0.3) is 0 Å². The Kier molecular flexibility index (Phi) is 4.52. The van der Waals surface area contributed by atoms with Gasteiger partial charge in [0, 0.05) is 12.4 Å². The van der Waals surface area contributed by atoms with Crippen molar-refractivity contribution in [2.75, 3.05) is 0 Å². The third-order valence-corrected chi connectivity index (χ3v) is 3.38. The van der Waals surface area contributed by atoms with Crippen LogP contribution in [0.15, 0.2) is 48.8 Å². The molecule has 0 saturated carbocycles. The molecule has 0 N–H and O–H groups in total. The van der Waals surface area contributed by atoms with Gasteiger partial charge < -0.3 is 0 Å². The fraction of sp³-hybridized carbons (Fsp3) is 0.353. The number of aryl methyl sites for hydroxylation is 1. The third kappa shape index (κ3) is 3.43. The topological polar surface area (TPSA) is 12.9 Å². The normalized spacial score (nSPS) is 12.3. The van der Waals surface area contributed by atoms with Gasteiger partial charge in [-0.05, 0) is 47.9 Å². The van der Waals surface area contributed by atoms with Gasteiger partial charge in [0.05, 0.1) is 0 Å². The summed E-state index contributed by atoms with van der Waals surface area (Å²) in [7, 11) is 0. The summed E-state index contributed by atoms with van der Waals surface area (Å²) >= 11 is 0. The van der Waals surface area contributed by atoms with Gasteiger partial charge in [0.2, 0.25) is 0 Å². The maximum absolute atomic E-state index is 4.21. The SMILES string of the molecule is CCc1cnccc1CC(C)Cc1ccccc1. The van der Waals surface area contributed by atoms with Crippen molar-refractivity contribution >= 4 is 0 Å². The second kappa shape index (κ2) is 6.34. The number of nitrogens with zero attached hydrogens (tertiary/aromatic N) is 1. The van der Waals surface area contributed by atoms with E-state index in [-0.39, 0.29) is 0 Å². The first kappa shape index (κ1) is 12.8. The lowest BCUT2D eigenvalue weighted by Gasteiger charge is -2.14. The van der Waals surface area contributed by atoms with Gasteiger partial charge in [-0.3, -0.25) is 4.98 Å². The van der Waals surface area contributed by atoms with Crippen molar-refractivity contribution in [3.8, 4) is 0 Å². The standard InChI is InChI=1S/C17H21N/c1-3-16-13-18-10-9-17(16)12-14(2)11-15-7-5-4-6-8-15/h4-10,13-14H,3,11-12H2,1-2H3. The molecule has 0 amide bonds. The van der Waals surface area contributed by atoms with Crippen LogP contribution in [0.2, 0.25) is 0 Å². The first-order valence-corrected chi connectivity index (χ1v) is 6.75. The third-order valence-electron chi connectivity index (χ3n) is 3.38. The lowest BCUT2D eigenvalue weighted by atomic mass is 9.92. The zero-order valence-corrected chi connectivity index (χ0v) is 11.3. The van der Waals surface area contributed by atoms with Crippen LogP contribution in [0, 0.1) is 5.92 Å². The van der Waals surface area contributed by atoms with Crippen LogP contribution in [0.5, 0.6) is 0 Å². The summed E-state index contributed by atoms with van der Waals surface area (Å²) in [6.45, 7) is 4.52. The lowest BCUT2D eigenvalue weighted by Crippen LogP contribution is -2.06. The molecular formula is C17H21N. The molecule has 1 unspecified atom stereocenters. The Hall–Kier alpha value is -1.63. The van der Waals surface area contributed by atoms with Gasteiger partial charge in [0.15, 0.2) is 0 Å². The van der Waals surface area contributed by atoms with E-state index >= 15 is 0 Å². The van der Waals surface area contributed by atoms with E-state index in [1.165, 1.54) is 16.7 Å². The Morgan fingerprint density at radius 2 is 1.78 bits per heavy atom. The van der Waals surface area contributed by atoms with Gasteiger partial charge in [0.1, 0.15) is 0 Å². The van der Waals surface area contributed by atoms with Crippen LogP contribution in [-0.4, -0.2) is 4.98 Å². The molecule has 0 spiro atoms. The van der Waals surface area contributed by atoms with Gasteiger partial charge in [0.25, 0.3) is 0 Å². The number of hydrogen-bond donors (Lipinski definition) is 0. The molecule has 2 rings (SSSR count). The Labute approximate surface area is 110 Å². The van der Waals surface area contributed by atoms with Crippen molar-refractivity contribution in [1.29, 1.82) is 0 Å². The molecule has 0 radical (unpaired) electrons. The van der Waals surface area contributed by atoms with Gasteiger partial charge in [-0.1, -0.05) is 44.2 Å². The summed E-state index contributed by atoms with van der Waals surface area (Å²) in [5.41, 5.74) is 4.27. The van der Waals surface area contributed by atoms with Crippen molar-refractivity contribution in [3.05, 3.63) is 65.5 Å². The van der Waals surface area contributed by atoms with Crippen LogP contribution in [-0.2, 0) is 19.3 Å². The summed E-state index contributed by atoms with van der Waals surface area (Å²) in [5, 5.41) is 0. The highest BCUT2D eigenvalue weighted by Gasteiger charge is 2.07. The molecule has 0 fully saturated rings. The molecular weight excluding hydrogens is 218 g/mol. The molecule has 1 heterocycles. The average Bonchev–Trinajstić information content (AvgIpc) is 2.40. The number of rotatable bonds is 5. The van der Waals surface area contributed by atoms with Gasteiger partial charge in [-0.2, -0.15) is 0 Å². The van der Waals surface area contributed by atoms with Gasteiger partial charge in [-0.15, -0.1) is 0 Å². The van der Waals surface area contributed by atoms with Crippen molar-refractivity contribution in [1.82, 2.24) is 4.98 Å². The molecule has 0 aliphatic rings. The summed E-state index contributed by atoms with van der Waals surface area (Å²) in [4.78, 5) is 4.21. The zero-order valence-electron chi connectivity index (χ0n) is 11.3. The minimum absolute atomic E-state index is 0.667. The second-order valence-electron chi connectivity index (χ2n) is 5.00. The second-order valence-corrected chi connectivity index (χ2v) is 5.00. The van der Waals surface area contributed by atoms with Crippen molar-refractivity contribution in [2.24, 2.45) is 5.92 Å². The highest BCUT2D eigenvalue weighted by atomic mass is 14.6. The van der Waals surface area contributed by atoms with E-state index in [4.69, 9.17) is 0 Å². The molecule has 1 aromatic heterocycles. The number of aromatic nitrogens is 1. The van der Waals surface area contributed by atoms with Crippen LogP contribution in [0.4, 0.5) is 0 Å². The number of hydrogen-bond acceptors (Lipinski definition) is 1. The molecule has 0 bridgehead atoms. The first-order chi connectivity index (χ1) is 8.79. The van der Waals surface area contributed by atoms with Gasteiger partial charge >= 0.3 is 0 Å². The fourth-order valence-electron chi connectivity index (χ4n) is 2.44. The Morgan fingerprint density at radius 3 is 2.50 bits per heavy atom. The summed E-state index contributed by atoms with van der Waals surface area (Å²) in [6, 6.07) is 12.9. The maximum atomic E-state index is 4.21. The Balaban J connectivity index is 2.01. The summed E-state index contributed by atoms with van der Waals surface area (Å²) in [6.07, 6.45) is 7.27. The monoisotopic (exact) mass is 239 g/mol. The highest BCUT2D eigenvalue weighted by molar-refractivity contribution is 5.24. The van der Waals surface area contributed by atoms with Crippen molar-refractivity contribution < 1.29 is 0 Å². The van der Waals surface area contributed by atoms with E-state index in [2.05, 4.69) is 55.2 Å². The van der Waals surface area contributed by atoms with Crippen LogP contribution in [0.3, 0.4) is 0 Å². The maximum Gasteiger partial charge on any atom is 0.0302 e. The van der Waals surface area contributed by atoms with Gasteiger partial charge in [-0.25, -0.2) is 0 Å². The molecule has 1 nitrogen and oxygen atoms in total. The van der Waals surface area contributed by atoms with Crippen molar-refractivity contribution in [2.45, 2.75) is 33.1 Å². The van der Waals surface area contributed by atoms with Crippen LogP contribution in [0.1, 0.15) is 30.5 Å². The van der Waals surface area contributed by atoms with E-state index < -0.39 is 0 Å². The number of benzene rings is 1. The zero-order chi connectivity index (χ0) is 12.8. The smallest absolute Gasteiger partial charge is 0.0302 e. The Morgan fingerprint density at radius 1 is 1.00 bits per heavy atom. The molecule has 94 valence electrons. The van der Waals surface area contributed by atoms with E-state index in [0.29, 0.717) is 5.92 Å². The van der Waals surface area contributed by atoms with E-state index in [1.807, 2.05) is 12.4 Å². The summed E-state index contributed by atoms with van der Waals surface area (Å²) in [5.74, 6) is 0.667. The molecule has 1 atom stereocenters. The van der Waals surface area contributed by atoms with Crippen molar-refractivity contribution in [3.63, 3.8) is 0 Å². The predicted molar refractivity (Wildman–Crippen MR) is 76.6 cm³/mol. The summed E-state index contributed by atoms with van der Waals surface area (Å²) < 4.78 is 0. The molecule has 0 aliphatic carbocycles. The lowest BCUT2D eigenvalue weighted by molar-refractivity contribution is 0.574.